The SMILES string of the molecule is NCC1CCCCC1S(=O)CC1CCCO1. The van der Waals surface area contributed by atoms with Crippen molar-refractivity contribution in [2.75, 3.05) is 18.9 Å². The monoisotopic (exact) mass is 245 g/mol. The maximum absolute atomic E-state index is 12.3. The fourth-order valence-corrected chi connectivity index (χ4v) is 4.85. The summed E-state index contributed by atoms with van der Waals surface area (Å²) in [6, 6.07) is 0. The zero-order valence-electron chi connectivity index (χ0n) is 9.90. The first-order chi connectivity index (χ1) is 7.81. The van der Waals surface area contributed by atoms with Crippen molar-refractivity contribution >= 4 is 10.8 Å². The molecule has 3 nitrogen and oxygen atoms in total. The minimum absolute atomic E-state index is 0.251. The van der Waals surface area contributed by atoms with E-state index in [1.54, 1.807) is 0 Å². The molecule has 2 fully saturated rings. The number of nitrogens with two attached hydrogens (primary N) is 1. The molecule has 0 aromatic rings. The lowest BCUT2D eigenvalue weighted by atomic mass is 9.89. The normalized spacial score (nSPS) is 37.4. The van der Waals surface area contributed by atoms with Crippen molar-refractivity contribution < 1.29 is 8.95 Å². The summed E-state index contributed by atoms with van der Waals surface area (Å²) in [5.74, 6) is 1.22. The first kappa shape index (κ1) is 12.5. The third kappa shape index (κ3) is 3.05. The van der Waals surface area contributed by atoms with Gasteiger partial charge in [0.1, 0.15) is 0 Å². The van der Waals surface area contributed by atoms with E-state index in [4.69, 9.17) is 10.5 Å². The van der Waals surface area contributed by atoms with Gasteiger partial charge in [0.25, 0.3) is 0 Å². The zero-order chi connectivity index (χ0) is 11.4. The summed E-state index contributed by atoms with van der Waals surface area (Å²) in [5.41, 5.74) is 5.77. The van der Waals surface area contributed by atoms with E-state index in [1.807, 2.05) is 0 Å². The Morgan fingerprint density at radius 1 is 1.19 bits per heavy atom. The summed E-state index contributed by atoms with van der Waals surface area (Å²) >= 11 is 0. The Kier molecular flexibility index (Phi) is 4.79. The zero-order valence-corrected chi connectivity index (χ0v) is 10.7. The second-order valence-corrected chi connectivity index (χ2v) is 6.70. The molecule has 0 amide bonds. The maximum atomic E-state index is 12.3. The van der Waals surface area contributed by atoms with Gasteiger partial charge >= 0.3 is 0 Å². The lowest BCUT2D eigenvalue weighted by Gasteiger charge is -2.30. The first-order valence-corrected chi connectivity index (χ1v) is 7.88. The van der Waals surface area contributed by atoms with Crippen LogP contribution < -0.4 is 5.73 Å². The molecule has 1 saturated carbocycles. The molecule has 0 aromatic heterocycles. The Bertz CT molecular complexity index is 241. The fourth-order valence-electron chi connectivity index (χ4n) is 2.87. The molecule has 2 aliphatic rings. The molecule has 4 unspecified atom stereocenters. The van der Waals surface area contributed by atoms with Crippen molar-refractivity contribution in [2.24, 2.45) is 11.7 Å². The molecule has 1 aliphatic heterocycles. The smallest absolute Gasteiger partial charge is 0.0691 e. The van der Waals surface area contributed by atoms with E-state index in [0.717, 1.165) is 31.6 Å². The number of hydrogen-bond donors (Lipinski definition) is 1. The van der Waals surface area contributed by atoms with Gasteiger partial charge in [-0.1, -0.05) is 12.8 Å². The standard InChI is InChI=1S/C12H23NO2S/c13-8-10-4-1-2-6-12(10)16(14)9-11-5-3-7-15-11/h10-12H,1-9,13H2. The topological polar surface area (TPSA) is 52.3 Å². The number of rotatable bonds is 4. The van der Waals surface area contributed by atoms with Crippen LogP contribution in [0.4, 0.5) is 0 Å². The van der Waals surface area contributed by atoms with Gasteiger partial charge in [-0.05, 0) is 38.1 Å². The van der Waals surface area contributed by atoms with Gasteiger partial charge in [0.15, 0.2) is 0 Å². The molecule has 0 aromatic carbocycles. The van der Waals surface area contributed by atoms with Crippen molar-refractivity contribution in [1.82, 2.24) is 0 Å². The van der Waals surface area contributed by atoms with Gasteiger partial charge in [-0.2, -0.15) is 0 Å². The average molecular weight is 245 g/mol. The van der Waals surface area contributed by atoms with E-state index < -0.39 is 10.8 Å². The van der Waals surface area contributed by atoms with Crippen LogP contribution in [0.5, 0.6) is 0 Å². The van der Waals surface area contributed by atoms with Crippen LogP contribution in [0.1, 0.15) is 38.5 Å². The fraction of sp³-hybridized carbons (Fsp3) is 1.00. The molecule has 4 heteroatoms. The lowest BCUT2D eigenvalue weighted by molar-refractivity contribution is 0.128. The molecule has 1 aliphatic carbocycles. The average Bonchev–Trinajstić information content (AvgIpc) is 2.81. The van der Waals surface area contributed by atoms with Crippen LogP contribution in [0.3, 0.4) is 0 Å². The van der Waals surface area contributed by atoms with Crippen molar-refractivity contribution in [1.29, 1.82) is 0 Å². The predicted molar refractivity (Wildman–Crippen MR) is 66.8 cm³/mol. The first-order valence-electron chi connectivity index (χ1n) is 6.50. The van der Waals surface area contributed by atoms with Crippen LogP contribution in [-0.2, 0) is 15.5 Å². The van der Waals surface area contributed by atoms with E-state index in [9.17, 15) is 4.21 Å². The summed E-state index contributed by atoms with van der Waals surface area (Å²) in [4.78, 5) is 0. The van der Waals surface area contributed by atoms with Crippen molar-refractivity contribution in [2.45, 2.75) is 49.9 Å². The molecule has 4 atom stereocenters. The Morgan fingerprint density at radius 3 is 2.69 bits per heavy atom. The molecule has 0 bridgehead atoms. The van der Waals surface area contributed by atoms with Crippen LogP contribution in [-0.4, -0.2) is 34.5 Å². The van der Waals surface area contributed by atoms with Gasteiger partial charge in [-0.25, -0.2) is 0 Å². The minimum Gasteiger partial charge on any atom is -0.377 e. The molecule has 2 N–H and O–H groups in total. The van der Waals surface area contributed by atoms with Crippen molar-refractivity contribution in [3.8, 4) is 0 Å². The van der Waals surface area contributed by atoms with Gasteiger partial charge in [0, 0.05) is 22.7 Å². The van der Waals surface area contributed by atoms with E-state index in [2.05, 4.69) is 0 Å². The summed E-state index contributed by atoms with van der Waals surface area (Å²) in [6.45, 7) is 1.55. The van der Waals surface area contributed by atoms with Gasteiger partial charge in [-0.3, -0.25) is 4.21 Å². The van der Waals surface area contributed by atoms with Crippen LogP contribution in [0.2, 0.25) is 0 Å². The molecule has 2 rings (SSSR count). The Balaban J connectivity index is 1.86. The molecule has 94 valence electrons. The van der Waals surface area contributed by atoms with E-state index in [-0.39, 0.29) is 6.10 Å². The summed E-state index contributed by atoms with van der Waals surface area (Å²) in [7, 11) is -0.731. The largest absolute Gasteiger partial charge is 0.377 e. The van der Waals surface area contributed by atoms with Gasteiger partial charge < -0.3 is 10.5 Å². The number of ether oxygens (including phenoxy) is 1. The molecule has 0 radical (unpaired) electrons. The quantitative estimate of drug-likeness (QED) is 0.815. The van der Waals surface area contributed by atoms with Crippen LogP contribution >= 0.6 is 0 Å². The second kappa shape index (κ2) is 6.12. The highest BCUT2D eigenvalue weighted by molar-refractivity contribution is 7.85. The predicted octanol–water partition coefficient (Wildman–Crippen LogP) is 1.43. The maximum Gasteiger partial charge on any atom is 0.0691 e. The highest BCUT2D eigenvalue weighted by atomic mass is 32.2. The van der Waals surface area contributed by atoms with Gasteiger partial charge in [0.05, 0.1) is 11.9 Å². The molecular formula is C12H23NO2S. The molecular weight excluding hydrogens is 222 g/mol. The van der Waals surface area contributed by atoms with Crippen LogP contribution in [0, 0.1) is 5.92 Å². The van der Waals surface area contributed by atoms with E-state index >= 15 is 0 Å². The van der Waals surface area contributed by atoms with Crippen molar-refractivity contribution in [3.05, 3.63) is 0 Å². The third-order valence-corrected chi connectivity index (χ3v) is 5.85. The highest BCUT2D eigenvalue weighted by Gasteiger charge is 2.30. The molecule has 16 heavy (non-hydrogen) atoms. The molecule has 0 spiro atoms. The molecule has 1 saturated heterocycles. The van der Waals surface area contributed by atoms with E-state index in [0.29, 0.717) is 17.7 Å². The second-order valence-electron chi connectivity index (χ2n) is 5.00. The Labute approximate surface area is 101 Å². The van der Waals surface area contributed by atoms with E-state index in [1.165, 1.54) is 19.3 Å². The Hall–Kier alpha value is 0.0700. The highest BCUT2D eigenvalue weighted by Crippen LogP contribution is 2.28. The van der Waals surface area contributed by atoms with Gasteiger partial charge in [0.2, 0.25) is 0 Å². The van der Waals surface area contributed by atoms with Crippen LogP contribution in [0.25, 0.3) is 0 Å². The Morgan fingerprint density at radius 2 is 2.00 bits per heavy atom. The van der Waals surface area contributed by atoms with Crippen molar-refractivity contribution in [3.63, 3.8) is 0 Å². The lowest BCUT2D eigenvalue weighted by Crippen LogP contribution is -2.37. The summed E-state index contributed by atoms with van der Waals surface area (Å²) in [5, 5.41) is 0.336. The third-order valence-electron chi connectivity index (χ3n) is 3.85. The minimum atomic E-state index is -0.731. The summed E-state index contributed by atoms with van der Waals surface area (Å²) < 4.78 is 17.9. The van der Waals surface area contributed by atoms with Crippen LogP contribution in [0.15, 0.2) is 0 Å². The van der Waals surface area contributed by atoms with Gasteiger partial charge in [-0.15, -0.1) is 0 Å². The number of hydrogen-bond acceptors (Lipinski definition) is 3. The summed E-state index contributed by atoms with van der Waals surface area (Å²) in [6.07, 6.45) is 7.22. The molecule has 1 heterocycles.